The lowest BCUT2D eigenvalue weighted by molar-refractivity contribution is -0.137. The van der Waals surface area contributed by atoms with E-state index in [9.17, 15) is 9.59 Å². The van der Waals surface area contributed by atoms with Crippen LogP contribution in [0.25, 0.3) is 10.9 Å². The van der Waals surface area contributed by atoms with Crippen LogP contribution in [0, 0.1) is 0 Å². The number of para-hydroxylation sites is 1. The molecule has 0 aliphatic heterocycles. The first kappa shape index (κ1) is 14.0. The average Bonchev–Trinajstić information content (AvgIpc) is 2.86. The molecule has 0 aliphatic carbocycles. The zero-order chi connectivity index (χ0) is 14.5. The number of aromatic amines is 1. The Kier molecular flexibility index (Phi) is 4.31. The van der Waals surface area contributed by atoms with Gasteiger partial charge in [-0.15, -0.1) is 0 Å². The lowest BCUT2D eigenvalue weighted by atomic mass is 10.2. The van der Waals surface area contributed by atoms with Crippen LogP contribution in [0.4, 0.5) is 0 Å². The van der Waals surface area contributed by atoms with E-state index in [1.54, 1.807) is 18.2 Å². The second kappa shape index (κ2) is 6.16. The van der Waals surface area contributed by atoms with Crippen LogP contribution in [-0.4, -0.2) is 58.9 Å². The molecule has 2 aromatic rings. The zero-order valence-corrected chi connectivity index (χ0v) is 11.0. The van der Waals surface area contributed by atoms with E-state index in [4.69, 9.17) is 9.84 Å². The first-order valence-electron chi connectivity index (χ1n) is 6.06. The molecule has 0 aliphatic rings. The summed E-state index contributed by atoms with van der Waals surface area (Å²) in [6, 6.07) is 7.19. The summed E-state index contributed by atoms with van der Waals surface area (Å²) in [5.74, 6) is -1.50. The number of nitrogens with zero attached hydrogens (tertiary/aromatic N) is 2. The molecule has 7 nitrogen and oxygen atoms in total. The number of amides is 1. The van der Waals surface area contributed by atoms with E-state index >= 15 is 0 Å². The normalized spacial score (nSPS) is 10.7. The van der Waals surface area contributed by atoms with Crippen molar-refractivity contribution in [2.24, 2.45) is 0 Å². The summed E-state index contributed by atoms with van der Waals surface area (Å²) in [5, 5.41) is 16.3. The van der Waals surface area contributed by atoms with Crippen LogP contribution in [0.3, 0.4) is 0 Å². The number of rotatable bonds is 6. The van der Waals surface area contributed by atoms with Crippen LogP contribution in [0.2, 0.25) is 0 Å². The van der Waals surface area contributed by atoms with Crippen molar-refractivity contribution in [3.63, 3.8) is 0 Å². The minimum atomic E-state index is -1.07. The minimum Gasteiger partial charge on any atom is -0.480 e. The summed E-state index contributed by atoms with van der Waals surface area (Å²) in [4.78, 5) is 24.4. The number of hydrogen-bond acceptors (Lipinski definition) is 4. The lowest BCUT2D eigenvalue weighted by Crippen LogP contribution is -2.38. The number of nitrogens with one attached hydrogen (secondary N) is 1. The van der Waals surface area contributed by atoms with E-state index in [1.807, 2.05) is 6.07 Å². The fourth-order valence-corrected chi connectivity index (χ4v) is 1.89. The molecule has 1 amide bonds. The molecule has 0 saturated carbocycles. The largest absolute Gasteiger partial charge is 0.480 e. The minimum absolute atomic E-state index is 0.197. The standard InChI is InChI=1S/C13H15N3O4/c1-20-7-6-16(8-11(17)18)13(19)12-9-4-2-3-5-10(9)14-15-12/h2-5H,6-8H2,1H3,(H,14,15)(H,17,18). The van der Waals surface area contributed by atoms with Gasteiger partial charge in [0.2, 0.25) is 0 Å². The number of fused-ring (bicyclic) bond motifs is 1. The first-order valence-corrected chi connectivity index (χ1v) is 6.06. The number of aliphatic carboxylic acids is 1. The van der Waals surface area contributed by atoms with Gasteiger partial charge in [-0.25, -0.2) is 0 Å². The molecule has 0 unspecified atom stereocenters. The third-order valence-electron chi connectivity index (χ3n) is 2.85. The molecule has 7 heteroatoms. The van der Waals surface area contributed by atoms with E-state index in [0.717, 1.165) is 5.52 Å². The van der Waals surface area contributed by atoms with Gasteiger partial charge >= 0.3 is 5.97 Å². The number of H-pyrrole nitrogens is 1. The lowest BCUT2D eigenvalue weighted by Gasteiger charge is -2.19. The summed E-state index contributed by atoms with van der Waals surface area (Å²) in [6.07, 6.45) is 0. The number of carbonyl (C=O) groups excluding carboxylic acids is 1. The molecular weight excluding hydrogens is 262 g/mol. The van der Waals surface area contributed by atoms with Gasteiger partial charge < -0.3 is 14.7 Å². The number of ether oxygens (including phenoxy) is 1. The molecule has 0 fully saturated rings. The zero-order valence-electron chi connectivity index (χ0n) is 11.0. The van der Waals surface area contributed by atoms with Crippen LogP contribution in [0.5, 0.6) is 0 Å². The quantitative estimate of drug-likeness (QED) is 0.811. The monoisotopic (exact) mass is 277 g/mol. The molecule has 1 heterocycles. The van der Waals surface area contributed by atoms with E-state index in [-0.39, 0.29) is 25.4 Å². The Balaban J connectivity index is 2.28. The predicted molar refractivity (Wildman–Crippen MR) is 71.5 cm³/mol. The number of carboxylic acids is 1. The molecule has 0 saturated heterocycles. The van der Waals surface area contributed by atoms with Crippen molar-refractivity contribution in [3.05, 3.63) is 30.0 Å². The molecule has 106 valence electrons. The number of hydrogen-bond donors (Lipinski definition) is 2. The fraction of sp³-hybridized carbons (Fsp3) is 0.308. The van der Waals surface area contributed by atoms with Crippen molar-refractivity contribution in [2.45, 2.75) is 0 Å². The van der Waals surface area contributed by atoms with Crippen LogP contribution in [0.15, 0.2) is 24.3 Å². The highest BCUT2D eigenvalue weighted by Crippen LogP contribution is 2.16. The highest BCUT2D eigenvalue weighted by atomic mass is 16.5. The van der Waals surface area contributed by atoms with Gasteiger partial charge in [0.15, 0.2) is 5.69 Å². The molecule has 2 rings (SSSR count). The summed E-state index contributed by atoms with van der Waals surface area (Å²) < 4.78 is 4.89. The Morgan fingerprint density at radius 3 is 2.85 bits per heavy atom. The molecule has 2 N–H and O–H groups in total. The van der Waals surface area contributed by atoms with E-state index in [2.05, 4.69) is 10.2 Å². The number of aromatic nitrogens is 2. The molecular formula is C13H15N3O4. The smallest absolute Gasteiger partial charge is 0.323 e. The van der Waals surface area contributed by atoms with Crippen molar-refractivity contribution >= 4 is 22.8 Å². The van der Waals surface area contributed by atoms with Gasteiger partial charge in [0, 0.05) is 19.0 Å². The molecule has 0 bridgehead atoms. The summed E-state index contributed by atoms with van der Waals surface area (Å²) in [5.41, 5.74) is 0.954. The average molecular weight is 277 g/mol. The van der Waals surface area contributed by atoms with Crippen molar-refractivity contribution in [3.8, 4) is 0 Å². The Labute approximate surface area is 115 Å². The van der Waals surface area contributed by atoms with Crippen molar-refractivity contribution in [1.29, 1.82) is 0 Å². The maximum Gasteiger partial charge on any atom is 0.323 e. The molecule has 1 aromatic heterocycles. The summed E-state index contributed by atoms with van der Waals surface area (Å²) in [7, 11) is 1.49. The highest BCUT2D eigenvalue weighted by molar-refractivity contribution is 6.05. The van der Waals surface area contributed by atoms with Crippen molar-refractivity contribution < 1.29 is 19.4 Å². The van der Waals surface area contributed by atoms with Crippen LogP contribution in [-0.2, 0) is 9.53 Å². The topological polar surface area (TPSA) is 95.5 Å². The maximum atomic E-state index is 12.4. The van der Waals surface area contributed by atoms with Crippen LogP contribution >= 0.6 is 0 Å². The Morgan fingerprint density at radius 2 is 2.15 bits per heavy atom. The van der Waals surface area contributed by atoms with Gasteiger partial charge in [-0.2, -0.15) is 5.10 Å². The van der Waals surface area contributed by atoms with E-state index in [0.29, 0.717) is 5.39 Å². The number of benzene rings is 1. The fourth-order valence-electron chi connectivity index (χ4n) is 1.89. The highest BCUT2D eigenvalue weighted by Gasteiger charge is 2.22. The maximum absolute atomic E-state index is 12.4. The Hall–Kier alpha value is -2.41. The van der Waals surface area contributed by atoms with Crippen LogP contribution in [0.1, 0.15) is 10.5 Å². The van der Waals surface area contributed by atoms with Gasteiger partial charge in [0.05, 0.1) is 12.1 Å². The van der Waals surface area contributed by atoms with Gasteiger partial charge in [-0.1, -0.05) is 18.2 Å². The Morgan fingerprint density at radius 1 is 1.40 bits per heavy atom. The second-order valence-corrected chi connectivity index (χ2v) is 4.23. The van der Waals surface area contributed by atoms with Crippen molar-refractivity contribution in [2.75, 3.05) is 26.8 Å². The molecule has 0 radical (unpaired) electrons. The summed E-state index contributed by atoms with van der Waals surface area (Å²) in [6.45, 7) is 0.0770. The molecule has 0 spiro atoms. The van der Waals surface area contributed by atoms with Gasteiger partial charge in [-0.05, 0) is 6.07 Å². The SMILES string of the molecule is COCCN(CC(=O)O)C(=O)c1n[nH]c2ccccc12. The van der Waals surface area contributed by atoms with Crippen molar-refractivity contribution in [1.82, 2.24) is 15.1 Å². The number of carbonyl (C=O) groups is 2. The Bertz CT molecular complexity index is 623. The number of methoxy groups -OCH3 is 1. The third kappa shape index (κ3) is 2.94. The second-order valence-electron chi connectivity index (χ2n) is 4.23. The molecule has 20 heavy (non-hydrogen) atoms. The van der Waals surface area contributed by atoms with Crippen LogP contribution < -0.4 is 0 Å². The summed E-state index contributed by atoms with van der Waals surface area (Å²) >= 11 is 0. The van der Waals surface area contributed by atoms with Gasteiger partial charge in [0.25, 0.3) is 5.91 Å². The molecule has 1 aromatic carbocycles. The van der Waals surface area contributed by atoms with Gasteiger partial charge in [0.1, 0.15) is 6.54 Å². The third-order valence-corrected chi connectivity index (χ3v) is 2.85. The molecule has 0 atom stereocenters. The predicted octanol–water partition coefficient (Wildman–Crippen LogP) is 0.736. The van der Waals surface area contributed by atoms with E-state index in [1.165, 1.54) is 12.0 Å². The van der Waals surface area contributed by atoms with E-state index < -0.39 is 11.9 Å². The number of carboxylic acid groups (broad SMARTS) is 1. The van der Waals surface area contributed by atoms with Gasteiger partial charge in [-0.3, -0.25) is 14.7 Å². The first-order chi connectivity index (χ1) is 9.63.